The molecule has 1 unspecified atom stereocenters. The minimum absolute atomic E-state index is 0.0825. The van der Waals surface area contributed by atoms with Crippen LogP contribution in [0, 0.1) is 16.7 Å². The summed E-state index contributed by atoms with van der Waals surface area (Å²) in [4.78, 5) is 12.7. The Balaban J connectivity index is 4.33. The summed E-state index contributed by atoms with van der Waals surface area (Å²) in [6, 6.07) is 0. The van der Waals surface area contributed by atoms with Crippen LogP contribution in [0.25, 0.3) is 0 Å². The summed E-state index contributed by atoms with van der Waals surface area (Å²) in [7, 11) is 0. The summed E-state index contributed by atoms with van der Waals surface area (Å²) in [6.07, 6.45) is 2.54. The van der Waals surface area contributed by atoms with Crippen molar-refractivity contribution in [1.29, 1.82) is 0 Å². The summed E-state index contributed by atoms with van der Waals surface area (Å²) in [5.41, 5.74) is -0.594. The lowest BCUT2D eigenvalue weighted by Gasteiger charge is -2.32. The van der Waals surface area contributed by atoms with Crippen molar-refractivity contribution in [1.82, 2.24) is 5.32 Å². The van der Waals surface area contributed by atoms with Gasteiger partial charge < -0.3 is 14.8 Å². The topological polar surface area (TPSA) is 47.6 Å². The van der Waals surface area contributed by atoms with E-state index in [2.05, 4.69) is 90.2 Å². The number of amides is 1. The Hall–Kier alpha value is 0.120. The van der Waals surface area contributed by atoms with E-state index >= 15 is 0 Å². The second kappa shape index (κ2) is 11.7. The average Bonchev–Trinajstić information content (AvgIpc) is 2.53. The molecule has 0 fully saturated rings. The first-order valence-electron chi connectivity index (χ1n) is 11.1. The van der Waals surface area contributed by atoms with Crippen LogP contribution in [-0.2, 0) is 14.3 Å². The monoisotopic (exact) mass is 525 g/mol. The van der Waals surface area contributed by atoms with E-state index in [0.717, 1.165) is 19.4 Å². The molecule has 1 atom stereocenters. The Morgan fingerprint density at radius 1 is 0.862 bits per heavy atom. The maximum absolute atomic E-state index is 12.7. The average molecular weight is 526 g/mol. The molecule has 0 heterocycles. The Morgan fingerprint density at radius 2 is 1.38 bits per heavy atom. The predicted octanol–water partition coefficient (Wildman–Crippen LogP) is 6.40. The Kier molecular flexibility index (Phi) is 11.7. The van der Waals surface area contributed by atoms with Crippen molar-refractivity contribution >= 4 is 28.5 Å². The third kappa shape index (κ3) is 11.3. The van der Waals surface area contributed by atoms with Gasteiger partial charge in [0.15, 0.2) is 0 Å². The van der Waals surface area contributed by atoms with Crippen LogP contribution < -0.4 is 5.32 Å². The van der Waals surface area contributed by atoms with Gasteiger partial charge in [-0.3, -0.25) is 4.79 Å². The lowest BCUT2D eigenvalue weighted by atomic mass is 9.87. The smallest absolute Gasteiger partial charge is 0.225 e. The van der Waals surface area contributed by atoms with Gasteiger partial charge in [-0.25, -0.2) is 0 Å². The molecule has 0 saturated heterocycles. The molecule has 0 radical (unpaired) electrons. The fourth-order valence-corrected chi connectivity index (χ4v) is 2.74. The Bertz CT molecular complexity index is 496. The van der Waals surface area contributed by atoms with Gasteiger partial charge in [-0.1, -0.05) is 71.1 Å². The molecule has 0 aromatic rings. The van der Waals surface area contributed by atoms with E-state index in [1.165, 1.54) is 0 Å². The van der Waals surface area contributed by atoms with E-state index in [1.54, 1.807) is 0 Å². The fourth-order valence-electron chi connectivity index (χ4n) is 2.43. The third-order valence-corrected chi connectivity index (χ3v) is 8.22. The van der Waals surface area contributed by atoms with Crippen LogP contribution in [0.15, 0.2) is 0 Å². The first kappa shape index (κ1) is 29.1. The molecule has 0 rings (SSSR count). The van der Waals surface area contributed by atoms with Gasteiger partial charge in [0.2, 0.25) is 5.91 Å². The molecule has 0 aliphatic heterocycles. The molecule has 1 amide bonds. The number of hydrogen-bond acceptors (Lipinski definition) is 3. The number of rotatable bonds is 14. The number of hydrogen-bond donors (Lipinski definition) is 1. The maximum Gasteiger partial charge on any atom is 0.225 e. The summed E-state index contributed by atoms with van der Waals surface area (Å²) in [6.45, 7) is 25.5. The van der Waals surface area contributed by atoms with E-state index in [0.29, 0.717) is 29.4 Å². The highest BCUT2D eigenvalue weighted by Gasteiger charge is 2.30. The van der Waals surface area contributed by atoms with Gasteiger partial charge in [0.1, 0.15) is 0 Å². The second-order valence-electron chi connectivity index (χ2n) is 11.2. The van der Waals surface area contributed by atoms with Crippen molar-refractivity contribution in [3.63, 3.8) is 0 Å². The van der Waals surface area contributed by atoms with Crippen molar-refractivity contribution in [2.75, 3.05) is 19.8 Å². The minimum atomic E-state index is -0.446. The molecule has 5 heteroatoms. The molecule has 0 saturated carbocycles. The SMILES string of the molecule is CC(I)C(C)(C)CCOC(C)(C)CCNC(=O)C(C)(C)CCOC(C)(C)C(C)C. The zero-order valence-electron chi connectivity index (χ0n) is 21.0. The minimum Gasteiger partial charge on any atom is -0.375 e. The van der Waals surface area contributed by atoms with Crippen molar-refractivity contribution in [2.45, 2.75) is 111 Å². The lowest BCUT2D eigenvalue weighted by molar-refractivity contribution is -0.132. The predicted molar refractivity (Wildman–Crippen MR) is 133 cm³/mol. The van der Waals surface area contributed by atoms with Gasteiger partial charge in [0.25, 0.3) is 0 Å². The van der Waals surface area contributed by atoms with Crippen LogP contribution in [0.3, 0.4) is 0 Å². The van der Waals surface area contributed by atoms with E-state index in [9.17, 15) is 4.79 Å². The van der Waals surface area contributed by atoms with Crippen LogP contribution in [0.4, 0.5) is 0 Å². The molecular weight excluding hydrogens is 477 g/mol. The molecule has 29 heavy (non-hydrogen) atoms. The fraction of sp³-hybridized carbons (Fsp3) is 0.958. The van der Waals surface area contributed by atoms with Gasteiger partial charge >= 0.3 is 0 Å². The molecule has 0 aliphatic rings. The van der Waals surface area contributed by atoms with Crippen LogP contribution in [-0.4, -0.2) is 40.8 Å². The van der Waals surface area contributed by atoms with Gasteiger partial charge in [-0.15, -0.1) is 0 Å². The van der Waals surface area contributed by atoms with Crippen molar-refractivity contribution in [2.24, 2.45) is 16.7 Å². The van der Waals surface area contributed by atoms with Crippen molar-refractivity contribution in [3.8, 4) is 0 Å². The van der Waals surface area contributed by atoms with Gasteiger partial charge in [0.05, 0.1) is 11.2 Å². The van der Waals surface area contributed by atoms with Gasteiger partial charge in [-0.2, -0.15) is 0 Å². The van der Waals surface area contributed by atoms with Gasteiger partial charge in [0, 0.05) is 29.1 Å². The van der Waals surface area contributed by atoms with Crippen LogP contribution >= 0.6 is 22.6 Å². The number of halogens is 1. The highest BCUT2D eigenvalue weighted by Crippen LogP contribution is 2.31. The van der Waals surface area contributed by atoms with Crippen LogP contribution in [0.5, 0.6) is 0 Å². The molecule has 1 N–H and O–H groups in total. The molecule has 0 spiro atoms. The van der Waals surface area contributed by atoms with Gasteiger partial charge in [-0.05, 0) is 58.3 Å². The zero-order chi connectivity index (χ0) is 23.1. The molecule has 0 aliphatic carbocycles. The van der Waals surface area contributed by atoms with Crippen LogP contribution in [0.2, 0.25) is 0 Å². The molecule has 0 aromatic carbocycles. The lowest BCUT2D eigenvalue weighted by Crippen LogP contribution is -2.41. The van der Waals surface area contributed by atoms with E-state index in [4.69, 9.17) is 9.47 Å². The molecule has 174 valence electrons. The summed E-state index contributed by atoms with van der Waals surface area (Å²) in [5.74, 6) is 0.520. The summed E-state index contributed by atoms with van der Waals surface area (Å²) < 4.78 is 12.8. The normalized spacial score (nSPS) is 14.9. The van der Waals surface area contributed by atoms with E-state index in [1.807, 2.05) is 13.8 Å². The van der Waals surface area contributed by atoms with Crippen LogP contribution in [0.1, 0.15) is 95.4 Å². The number of ether oxygens (including phenoxy) is 2. The quantitative estimate of drug-likeness (QED) is 0.211. The summed E-state index contributed by atoms with van der Waals surface area (Å²) in [5, 5.41) is 3.10. The summed E-state index contributed by atoms with van der Waals surface area (Å²) >= 11 is 2.49. The standard InChI is InChI=1S/C24H48INO3/c1-18(2)24(10,11)29-17-14-22(6,7)20(27)26-15-12-23(8,9)28-16-13-21(4,5)19(3)25/h18-19H,12-17H2,1-11H3,(H,26,27). The number of carbonyl (C=O) groups is 1. The first-order valence-corrected chi connectivity index (χ1v) is 12.4. The van der Waals surface area contributed by atoms with E-state index in [-0.39, 0.29) is 22.5 Å². The number of carbonyl (C=O) groups excluding carboxylic acids is 1. The second-order valence-corrected chi connectivity index (χ2v) is 13.1. The molecular formula is C24H48INO3. The Morgan fingerprint density at radius 3 is 1.86 bits per heavy atom. The third-order valence-electron chi connectivity index (χ3n) is 6.53. The number of alkyl halides is 1. The molecule has 0 aromatic heterocycles. The zero-order valence-corrected chi connectivity index (χ0v) is 23.2. The Labute approximate surface area is 194 Å². The van der Waals surface area contributed by atoms with Crippen molar-refractivity contribution in [3.05, 3.63) is 0 Å². The highest BCUT2D eigenvalue weighted by molar-refractivity contribution is 14.1. The number of nitrogens with one attached hydrogen (secondary N) is 1. The van der Waals surface area contributed by atoms with Crippen molar-refractivity contribution < 1.29 is 14.3 Å². The molecule has 0 bridgehead atoms. The first-order chi connectivity index (χ1) is 12.9. The molecule has 4 nitrogen and oxygen atoms in total. The largest absolute Gasteiger partial charge is 0.375 e. The maximum atomic E-state index is 12.7. The highest BCUT2D eigenvalue weighted by atomic mass is 127. The van der Waals surface area contributed by atoms with E-state index < -0.39 is 5.41 Å².